The summed E-state index contributed by atoms with van der Waals surface area (Å²) >= 11 is 0. The van der Waals surface area contributed by atoms with Crippen LogP contribution >= 0.6 is 0 Å². The van der Waals surface area contributed by atoms with Crippen LogP contribution in [0.15, 0.2) is 37.0 Å². The fraction of sp³-hybridized carbons (Fsp3) is 0. The van der Waals surface area contributed by atoms with Gasteiger partial charge in [0.05, 0.1) is 0 Å². The number of carbonyl (C=O) groups excluding carboxylic acids is 1. The normalized spacial score (nSPS) is 10.5. The number of allylic oxidation sites excluding steroid dienone is 5. The van der Waals surface area contributed by atoms with Crippen molar-refractivity contribution in [3.05, 3.63) is 37.0 Å². The van der Waals surface area contributed by atoms with Crippen LogP contribution in [0, 0.1) is 0 Å². The standard InChI is InChI=1S/C7H8O/c1-2-3-4-5-6-7-8/h2-7H,1H2. The van der Waals surface area contributed by atoms with Crippen LogP contribution in [-0.2, 0) is 4.79 Å². The summed E-state index contributed by atoms with van der Waals surface area (Å²) in [4.78, 5) is 9.62. The SMILES string of the molecule is C=CC=CC=CC=O. The molecule has 0 rings (SSSR count). The predicted octanol–water partition coefficient (Wildman–Crippen LogP) is 1.48. The van der Waals surface area contributed by atoms with Gasteiger partial charge < -0.3 is 0 Å². The smallest absolute Gasteiger partial charge is 0.142 e. The van der Waals surface area contributed by atoms with Crippen molar-refractivity contribution in [1.29, 1.82) is 0 Å². The zero-order valence-electron chi connectivity index (χ0n) is 4.58. The molecule has 0 amide bonds. The number of carbonyl (C=O) groups is 1. The first kappa shape index (κ1) is 6.89. The Balaban J connectivity index is 3.41. The monoisotopic (exact) mass is 108 g/mol. The van der Waals surface area contributed by atoms with Gasteiger partial charge >= 0.3 is 0 Å². The summed E-state index contributed by atoms with van der Waals surface area (Å²) in [6.45, 7) is 3.45. The van der Waals surface area contributed by atoms with Crippen molar-refractivity contribution in [2.75, 3.05) is 0 Å². The maximum Gasteiger partial charge on any atom is 0.142 e. The Kier molecular flexibility index (Phi) is 5.07. The molecule has 0 fully saturated rings. The van der Waals surface area contributed by atoms with Crippen LogP contribution in [0.5, 0.6) is 0 Å². The van der Waals surface area contributed by atoms with Gasteiger partial charge in [0, 0.05) is 0 Å². The molecule has 0 spiro atoms. The lowest BCUT2D eigenvalue weighted by molar-refractivity contribution is -0.104. The van der Waals surface area contributed by atoms with Crippen LogP contribution in [0.2, 0.25) is 0 Å². The van der Waals surface area contributed by atoms with Crippen LogP contribution in [0.3, 0.4) is 0 Å². The van der Waals surface area contributed by atoms with E-state index in [0.29, 0.717) is 0 Å². The van der Waals surface area contributed by atoms with E-state index in [2.05, 4.69) is 6.58 Å². The third-order valence-electron chi connectivity index (χ3n) is 0.548. The third-order valence-corrected chi connectivity index (χ3v) is 0.548. The van der Waals surface area contributed by atoms with Gasteiger partial charge in [-0.25, -0.2) is 0 Å². The second-order valence-electron chi connectivity index (χ2n) is 1.14. The molecule has 1 nitrogen and oxygen atoms in total. The van der Waals surface area contributed by atoms with Crippen LogP contribution in [-0.4, -0.2) is 6.29 Å². The number of aldehydes is 1. The highest BCUT2D eigenvalue weighted by molar-refractivity contribution is 5.65. The first-order valence-corrected chi connectivity index (χ1v) is 2.31. The minimum absolute atomic E-state index is 0.730. The first-order chi connectivity index (χ1) is 3.91. The summed E-state index contributed by atoms with van der Waals surface area (Å²) in [7, 11) is 0. The topological polar surface area (TPSA) is 17.1 Å². The van der Waals surface area contributed by atoms with Crippen molar-refractivity contribution < 1.29 is 4.79 Å². The van der Waals surface area contributed by atoms with Crippen LogP contribution in [0.4, 0.5) is 0 Å². The molecule has 0 aromatic rings. The largest absolute Gasteiger partial charge is 0.299 e. The number of hydrogen-bond donors (Lipinski definition) is 0. The minimum atomic E-state index is 0.730. The third kappa shape index (κ3) is 4.89. The molecule has 0 aromatic carbocycles. The Bertz CT molecular complexity index is 104. The van der Waals surface area contributed by atoms with Crippen molar-refractivity contribution in [3.8, 4) is 0 Å². The summed E-state index contributed by atoms with van der Waals surface area (Å²) in [5.74, 6) is 0. The van der Waals surface area contributed by atoms with Gasteiger partial charge in [-0.1, -0.05) is 30.9 Å². The van der Waals surface area contributed by atoms with Crippen molar-refractivity contribution >= 4 is 6.29 Å². The average Bonchev–Trinajstić information content (AvgIpc) is 1.81. The summed E-state index contributed by atoms with van der Waals surface area (Å²) in [6.07, 6.45) is 8.93. The molecule has 0 aliphatic rings. The molecule has 0 aromatic heterocycles. The maximum absolute atomic E-state index is 9.62. The van der Waals surface area contributed by atoms with E-state index >= 15 is 0 Å². The highest BCUT2D eigenvalue weighted by Crippen LogP contribution is 1.73. The van der Waals surface area contributed by atoms with Gasteiger partial charge in [-0.3, -0.25) is 4.79 Å². The van der Waals surface area contributed by atoms with Gasteiger partial charge in [0.25, 0.3) is 0 Å². The van der Waals surface area contributed by atoms with Crippen LogP contribution < -0.4 is 0 Å². The highest BCUT2D eigenvalue weighted by atomic mass is 16.1. The Labute approximate surface area is 49.0 Å². The quantitative estimate of drug-likeness (QED) is 0.304. The van der Waals surface area contributed by atoms with E-state index in [1.807, 2.05) is 0 Å². The van der Waals surface area contributed by atoms with Crippen molar-refractivity contribution in [3.63, 3.8) is 0 Å². The van der Waals surface area contributed by atoms with Crippen LogP contribution in [0.25, 0.3) is 0 Å². The summed E-state index contributed by atoms with van der Waals surface area (Å²) in [5, 5.41) is 0. The second kappa shape index (κ2) is 5.89. The predicted molar refractivity (Wildman–Crippen MR) is 34.5 cm³/mol. The highest BCUT2D eigenvalue weighted by Gasteiger charge is 1.57. The molecule has 0 aliphatic carbocycles. The van der Waals surface area contributed by atoms with Gasteiger partial charge in [0.15, 0.2) is 0 Å². The molecular weight excluding hydrogens is 100 g/mol. The molecular formula is C7H8O. The lowest BCUT2D eigenvalue weighted by Crippen LogP contribution is -1.54. The summed E-state index contributed by atoms with van der Waals surface area (Å²) in [6, 6.07) is 0. The second-order valence-corrected chi connectivity index (χ2v) is 1.14. The molecule has 1 heteroatoms. The molecule has 0 saturated carbocycles. The van der Waals surface area contributed by atoms with E-state index in [-0.39, 0.29) is 0 Å². The van der Waals surface area contributed by atoms with Gasteiger partial charge in [-0.2, -0.15) is 0 Å². The van der Waals surface area contributed by atoms with Gasteiger partial charge in [-0.15, -0.1) is 0 Å². The molecule has 0 unspecified atom stereocenters. The molecule has 0 atom stereocenters. The molecule has 42 valence electrons. The number of rotatable bonds is 3. The van der Waals surface area contributed by atoms with Crippen molar-refractivity contribution in [1.82, 2.24) is 0 Å². The van der Waals surface area contributed by atoms with E-state index in [0.717, 1.165) is 6.29 Å². The molecule has 0 N–H and O–H groups in total. The van der Waals surface area contributed by atoms with E-state index in [4.69, 9.17) is 0 Å². The Morgan fingerprint density at radius 2 is 1.62 bits per heavy atom. The average molecular weight is 108 g/mol. The molecule has 0 heterocycles. The summed E-state index contributed by atoms with van der Waals surface area (Å²) in [5.41, 5.74) is 0. The van der Waals surface area contributed by atoms with E-state index in [1.165, 1.54) is 6.08 Å². The van der Waals surface area contributed by atoms with Crippen molar-refractivity contribution in [2.24, 2.45) is 0 Å². The zero-order valence-corrected chi connectivity index (χ0v) is 4.58. The van der Waals surface area contributed by atoms with E-state index in [9.17, 15) is 4.79 Å². The maximum atomic E-state index is 9.62. The zero-order chi connectivity index (χ0) is 6.24. The molecule has 0 saturated heterocycles. The van der Waals surface area contributed by atoms with E-state index < -0.39 is 0 Å². The Morgan fingerprint density at radius 1 is 1.00 bits per heavy atom. The Hall–Kier alpha value is -1.11. The Morgan fingerprint density at radius 3 is 2.12 bits per heavy atom. The van der Waals surface area contributed by atoms with E-state index in [1.54, 1.807) is 24.3 Å². The number of hydrogen-bond acceptors (Lipinski definition) is 1. The van der Waals surface area contributed by atoms with Gasteiger partial charge in [0.2, 0.25) is 0 Å². The van der Waals surface area contributed by atoms with Crippen molar-refractivity contribution in [2.45, 2.75) is 0 Å². The molecule has 0 radical (unpaired) electrons. The molecule has 0 bridgehead atoms. The lowest BCUT2D eigenvalue weighted by Gasteiger charge is -1.65. The molecule has 0 aliphatic heterocycles. The lowest BCUT2D eigenvalue weighted by atomic mass is 10.4. The van der Waals surface area contributed by atoms with Crippen LogP contribution in [0.1, 0.15) is 0 Å². The van der Waals surface area contributed by atoms with Gasteiger partial charge in [-0.05, 0) is 6.08 Å². The minimum Gasteiger partial charge on any atom is -0.299 e. The molecule has 8 heavy (non-hydrogen) atoms. The fourth-order valence-corrected chi connectivity index (χ4v) is 0.252. The first-order valence-electron chi connectivity index (χ1n) is 2.31. The summed E-state index contributed by atoms with van der Waals surface area (Å²) < 4.78 is 0. The fourth-order valence-electron chi connectivity index (χ4n) is 0.252. The van der Waals surface area contributed by atoms with Gasteiger partial charge in [0.1, 0.15) is 6.29 Å².